The number of aryl methyl sites for hydroxylation is 1. The van der Waals surface area contributed by atoms with E-state index in [1.54, 1.807) is 0 Å². The zero-order valence-corrected chi connectivity index (χ0v) is 24.2. The van der Waals surface area contributed by atoms with Crippen molar-refractivity contribution in [1.82, 2.24) is 14.8 Å². The second-order valence-corrected chi connectivity index (χ2v) is 10.6. The van der Waals surface area contributed by atoms with Gasteiger partial charge in [0.1, 0.15) is 16.3 Å². The molecule has 0 aliphatic rings. The smallest absolute Gasteiger partial charge is 0.341 e. The van der Waals surface area contributed by atoms with E-state index in [-0.39, 0.29) is 11.7 Å². The number of esters is 1. The molecule has 0 fully saturated rings. The number of hydrogen-bond acceptors (Lipinski definition) is 8. The van der Waals surface area contributed by atoms with Crippen LogP contribution < -0.4 is 10.1 Å². The van der Waals surface area contributed by atoms with E-state index in [1.165, 1.54) is 30.2 Å². The van der Waals surface area contributed by atoms with Gasteiger partial charge in [-0.25, -0.2) is 4.79 Å². The first-order valence-electron chi connectivity index (χ1n) is 12.8. The van der Waals surface area contributed by atoms with E-state index in [0.717, 1.165) is 46.7 Å². The highest BCUT2D eigenvalue weighted by Crippen LogP contribution is 2.36. The summed E-state index contributed by atoms with van der Waals surface area (Å²) >= 11 is 2.60. The third-order valence-electron chi connectivity index (χ3n) is 6.04. The molecule has 204 valence electrons. The predicted molar refractivity (Wildman–Crippen MR) is 157 cm³/mol. The lowest BCUT2D eigenvalue weighted by Gasteiger charge is -2.10. The predicted octanol–water partition coefficient (Wildman–Crippen LogP) is 6.70. The van der Waals surface area contributed by atoms with Crippen molar-refractivity contribution < 1.29 is 19.1 Å². The Balaban J connectivity index is 1.44. The van der Waals surface area contributed by atoms with Crippen LogP contribution in [0.4, 0.5) is 5.00 Å². The van der Waals surface area contributed by atoms with Crippen LogP contribution in [-0.2, 0) is 16.1 Å². The average Bonchev–Trinajstić information content (AvgIpc) is 3.56. The van der Waals surface area contributed by atoms with Crippen molar-refractivity contribution in [1.29, 1.82) is 0 Å². The Morgan fingerprint density at radius 2 is 1.74 bits per heavy atom. The van der Waals surface area contributed by atoms with E-state index >= 15 is 0 Å². The summed E-state index contributed by atoms with van der Waals surface area (Å²) in [7, 11) is 1.34. The van der Waals surface area contributed by atoms with Crippen LogP contribution in [0.25, 0.3) is 22.5 Å². The first kappa shape index (κ1) is 28.4. The number of benzene rings is 2. The second kappa shape index (κ2) is 13.4. The van der Waals surface area contributed by atoms with Gasteiger partial charge >= 0.3 is 5.97 Å². The maximum atomic E-state index is 12.9. The first-order chi connectivity index (χ1) is 18.9. The van der Waals surface area contributed by atoms with Crippen molar-refractivity contribution >= 4 is 40.0 Å². The Morgan fingerprint density at radius 1 is 1.03 bits per heavy atom. The number of rotatable bonds is 12. The molecule has 0 aliphatic heterocycles. The number of carbonyl (C=O) groups is 2. The summed E-state index contributed by atoms with van der Waals surface area (Å²) in [6.07, 6.45) is 2.11. The van der Waals surface area contributed by atoms with Gasteiger partial charge in [-0.05, 0) is 50.1 Å². The van der Waals surface area contributed by atoms with E-state index in [4.69, 9.17) is 9.47 Å². The number of thiophene rings is 1. The van der Waals surface area contributed by atoms with Gasteiger partial charge in [0.15, 0.2) is 11.0 Å². The summed E-state index contributed by atoms with van der Waals surface area (Å²) in [5.41, 5.74) is 4.01. The highest BCUT2D eigenvalue weighted by molar-refractivity contribution is 7.99. The number of thioether (sulfide) groups is 1. The van der Waals surface area contributed by atoms with Crippen LogP contribution in [-0.4, -0.2) is 46.1 Å². The van der Waals surface area contributed by atoms with Gasteiger partial charge in [-0.1, -0.05) is 54.9 Å². The molecule has 0 unspecified atom stereocenters. The van der Waals surface area contributed by atoms with Gasteiger partial charge in [0, 0.05) is 23.1 Å². The van der Waals surface area contributed by atoms with Crippen LogP contribution in [0.1, 0.15) is 42.6 Å². The van der Waals surface area contributed by atoms with Gasteiger partial charge in [-0.2, -0.15) is 0 Å². The largest absolute Gasteiger partial charge is 0.494 e. The first-order valence-corrected chi connectivity index (χ1v) is 14.7. The lowest BCUT2D eigenvalue weighted by molar-refractivity contribution is -0.113. The number of methoxy groups -OCH3 is 1. The number of unbranched alkanes of at least 4 members (excludes halogenated alkanes) is 1. The minimum absolute atomic E-state index is 0.112. The summed E-state index contributed by atoms with van der Waals surface area (Å²) in [4.78, 5) is 25.5. The highest BCUT2D eigenvalue weighted by Gasteiger charge is 2.23. The van der Waals surface area contributed by atoms with Crippen LogP contribution in [0, 0.1) is 6.92 Å². The van der Waals surface area contributed by atoms with Crippen LogP contribution in [0.3, 0.4) is 0 Å². The molecule has 0 spiro atoms. The highest BCUT2D eigenvalue weighted by atomic mass is 32.2. The summed E-state index contributed by atoms with van der Waals surface area (Å²) in [5, 5.41) is 14.6. The zero-order valence-electron chi connectivity index (χ0n) is 22.5. The van der Waals surface area contributed by atoms with E-state index in [9.17, 15) is 9.59 Å². The Kier molecular flexibility index (Phi) is 9.78. The van der Waals surface area contributed by atoms with Crippen LogP contribution >= 0.6 is 23.1 Å². The molecule has 4 rings (SSSR count). The summed E-state index contributed by atoms with van der Waals surface area (Å²) in [6, 6.07) is 15.7. The summed E-state index contributed by atoms with van der Waals surface area (Å²) in [5.74, 6) is 0.928. The zero-order chi connectivity index (χ0) is 27.8. The number of anilines is 1. The van der Waals surface area contributed by atoms with Gasteiger partial charge < -0.3 is 19.4 Å². The molecule has 8 nitrogen and oxygen atoms in total. The van der Waals surface area contributed by atoms with E-state index < -0.39 is 5.97 Å². The minimum atomic E-state index is -0.494. The molecule has 0 aliphatic carbocycles. The lowest BCUT2D eigenvalue weighted by Crippen LogP contribution is -2.16. The molecule has 39 heavy (non-hydrogen) atoms. The Bertz CT molecular complexity index is 1410. The monoisotopic (exact) mass is 564 g/mol. The molecule has 2 heterocycles. The van der Waals surface area contributed by atoms with Crippen molar-refractivity contribution in [2.24, 2.45) is 0 Å². The molecule has 4 aromatic rings. The molecule has 0 atom stereocenters. The molecular formula is C29H32N4O4S2. The maximum Gasteiger partial charge on any atom is 0.341 e. The molecular weight excluding hydrogens is 532 g/mol. The van der Waals surface area contributed by atoms with Crippen LogP contribution in [0.15, 0.2) is 59.1 Å². The van der Waals surface area contributed by atoms with Crippen LogP contribution in [0.2, 0.25) is 0 Å². The number of nitrogens with one attached hydrogen (secondary N) is 1. The second-order valence-electron chi connectivity index (χ2n) is 8.82. The van der Waals surface area contributed by atoms with E-state index in [2.05, 4.69) is 22.4 Å². The van der Waals surface area contributed by atoms with Crippen molar-refractivity contribution in [3.05, 3.63) is 65.0 Å². The average molecular weight is 565 g/mol. The number of nitrogens with zero attached hydrogens (tertiary/aromatic N) is 3. The van der Waals surface area contributed by atoms with Crippen LogP contribution in [0.5, 0.6) is 5.75 Å². The van der Waals surface area contributed by atoms with Crippen molar-refractivity contribution in [3.8, 4) is 28.3 Å². The molecule has 0 saturated heterocycles. The van der Waals surface area contributed by atoms with Gasteiger partial charge in [0.05, 0.1) is 19.5 Å². The fourth-order valence-corrected chi connectivity index (χ4v) is 5.70. The summed E-state index contributed by atoms with van der Waals surface area (Å²) in [6.45, 7) is 7.50. The Hall–Kier alpha value is -3.63. The molecule has 2 aromatic carbocycles. The fraction of sp³-hybridized carbons (Fsp3) is 0.310. The maximum absolute atomic E-state index is 12.9. The number of ether oxygens (including phenoxy) is 2. The number of aromatic nitrogens is 3. The topological polar surface area (TPSA) is 95.3 Å². The summed E-state index contributed by atoms with van der Waals surface area (Å²) < 4.78 is 12.8. The molecule has 0 radical (unpaired) electrons. The standard InChI is InChI=1S/C29H32N4O4S2/c1-5-7-16-37-22-14-12-21(13-15-22)26-31-32-29(33(26)6-2)39-18-24(34)30-27-25(28(35)36-4)23(17-38-27)20-10-8-19(3)9-11-20/h8-15,17H,5-7,16,18H2,1-4H3,(H,30,34). The molecule has 0 saturated carbocycles. The quantitative estimate of drug-likeness (QED) is 0.116. The van der Waals surface area contributed by atoms with Crippen molar-refractivity contribution in [2.45, 2.75) is 45.3 Å². The SMILES string of the molecule is CCCCOc1ccc(-c2nnc(SCC(=O)Nc3scc(-c4ccc(C)cc4)c3C(=O)OC)n2CC)cc1. The van der Waals surface area contributed by atoms with E-state index in [0.29, 0.717) is 28.9 Å². The third kappa shape index (κ3) is 6.88. The van der Waals surface area contributed by atoms with Gasteiger partial charge in [-0.15, -0.1) is 21.5 Å². The molecule has 10 heteroatoms. The van der Waals surface area contributed by atoms with Crippen molar-refractivity contribution in [2.75, 3.05) is 24.8 Å². The molecule has 0 bridgehead atoms. The lowest BCUT2D eigenvalue weighted by atomic mass is 10.0. The molecule has 2 aromatic heterocycles. The number of hydrogen-bond donors (Lipinski definition) is 1. The molecule has 1 amide bonds. The normalized spacial score (nSPS) is 10.9. The number of carbonyl (C=O) groups excluding carboxylic acids is 2. The fourth-order valence-electron chi connectivity index (χ4n) is 3.92. The van der Waals surface area contributed by atoms with Gasteiger partial charge in [0.25, 0.3) is 0 Å². The third-order valence-corrected chi connectivity index (χ3v) is 7.90. The Morgan fingerprint density at radius 3 is 2.41 bits per heavy atom. The molecule has 1 N–H and O–H groups in total. The number of amides is 1. The van der Waals surface area contributed by atoms with Gasteiger partial charge in [-0.3, -0.25) is 4.79 Å². The minimum Gasteiger partial charge on any atom is -0.494 e. The van der Waals surface area contributed by atoms with Gasteiger partial charge in [0.2, 0.25) is 5.91 Å². The van der Waals surface area contributed by atoms with E-state index in [1.807, 2.05) is 72.3 Å². The van der Waals surface area contributed by atoms with Crippen molar-refractivity contribution in [3.63, 3.8) is 0 Å². The Labute approximate surface area is 236 Å².